The van der Waals surface area contributed by atoms with Gasteiger partial charge in [0.1, 0.15) is 0 Å². The Kier molecular flexibility index (Phi) is 14.3. The molecule has 0 heterocycles. The molecular formula is C29H40Li2. The number of hydrogen-bond donors (Lipinski definition) is 0. The largest absolute Gasteiger partial charge is 1.00 e. The van der Waals surface area contributed by atoms with Crippen molar-refractivity contribution in [2.24, 2.45) is 0 Å². The molecule has 0 spiro atoms. The summed E-state index contributed by atoms with van der Waals surface area (Å²) in [5, 5.41) is 0. The molecule has 1 aliphatic carbocycles. The van der Waals surface area contributed by atoms with E-state index >= 15 is 0 Å². The van der Waals surface area contributed by atoms with Gasteiger partial charge >= 0.3 is 37.7 Å². The first kappa shape index (κ1) is 28.7. The van der Waals surface area contributed by atoms with Gasteiger partial charge < -0.3 is 0 Å². The molecule has 0 saturated heterocycles. The van der Waals surface area contributed by atoms with Crippen molar-refractivity contribution in [1.82, 2.24) is 0 Å². The molecule has 3 rings (SSSR count). The van der Waals surface area contributed by atoms with Crippen LogP contribution in [0.2, 0.25) is 0 Å². The topological polar surface area (TPSA) is 0 Å². The first-order valence-electron chi connectivity index (χ1n) is 12.3. The minimum absolute atomic E-state index is 0. The Morgan fingerprint density at radius 1 is 0.581 bits per heavy atom. The van der Waals surface area contributed by atoms with Crippen LogP contribution < -0.4 is 37.7 Å². The van der Waals surface area contributed by atoms with Gasteiger partial charge in [-0.15, -0.1) is 11.1 Å². The van der Waals surface area contributed by atoms with Crippen molar-refractivity contribution < 1.29 is 37.7 Å². The second kappa shape index (κ2) is 15.5. The van der Waals surface area contributed by atoms with E-state index in [9.17, 15) is 0 Å². The molecule has 0 nitrogen and oxygen atoms in total. The second-order valence-corrected chi connectivity index (χ2v) is 9.06. The van der Waals surface area contributed by atoms with Gasteiger partial charge in [-0.2, -0.15) is 59.7 Å². The van der Waals surface area contributed by atoms with Crippen molar-refractivity contribution >= 4 is 0 Å². The Balaban J connectivity index is 0.00000240. The molecule has 0 aliphatic heterocycles. The molecule has 2 aromatic rings. The average Bonchev–Trinajstić information content (AvgIpc) is 3.04. The van der Waals surface area contributed by atoms with E-state index in [1.54, 1.807) is 0 Å². The van der Waals surface area contributed by atoms with Crippen LogP contribution in [0.5, 0.6) is 0 Å². The third-order valence-corrected chi connectivity index (χ3v) is 6.96. The fraction of sp³-hybridized carbons (Fsp3) is 0.586. The maximum absolute atomic E-state index is 3.41. The summed E-state index contributed by atoms with van der Waals surface area (Å²) in [5.74, 6) is 0. The molecule has 1 aliphatic rings. The molecular weight excluding hydrogens is 362 g/mol. The Morgan fingerprint density at radius 2 is 0.968 bits per heavy atom. The van der Waals surface area contributed by atoms with Gasteiger partial charge in [-0.1, -0.05) is 109 Å². The van der Waals surface area contributed by atoms with Crippen molar-refractivity contribution in [2.75, 3.05) is 0 Å². The van der Waals surface area contributed by atoms with Gasteiger partial charge in [0, 0.05) is 0 Å². The minimum Gasteiger partial charge on any atom is -0.184 e. The number of benzene rings is 2. The summed E-state index contributed by atoms with van der Waals surface area (Å²) >= 11 is 0. The van der Waals surface area contributed by atoms with Crippen molar-refractivity contribution in [3.63, 3.8) is 0 Å². The van der Waals surface area contributed by atoms with E-state index in [1.807, 2.05) is 0 Å². The molecule has 0 unspecified atom stereocenters. The van der Waals surface area contributed by atoms with E-state index in [0.29, 0.717) is 0 Å². The summed E-state index contributed by atoms with van der Waals surface area (Å²) in [6.07, 6.45) is 19.0. The Bertz CT molecular complexity index is 674. The average molecular weight is 403 g/mol. The predicted octanol–water partition coefficient (Wildman–Crippen LogP) is 3.06. The SMILES string of the molecule is CCCCCCCCC1(CCCCCCCC)c2c[c-]ccc2-c2cc[c-]cc21.[Li+].[Li+]. The van der Waals surface area contributed by atoms with E-state index in [2.05, 4.69) is 62.4 Å². The summed E-state index contributed by atoms with van der Waals surface area (Å²) in [7, 11) is 0. The molecule has 0 radical (unpaired) electrons. The standard InChI is InChI=1S/C29H40.2Li/c1-3-5-7-9-11-17-23-29(24-18-12-10-8-6-4-2)27-21-15-13-19-25(27)26-20-14-16-22-28(26)29;;/h13-14,19-22H,3-12,17-18,23-24H2,1-2H3;;/q-2;2*+1. The van der Waals surface area contributed by atoms with Crippen molar-refractivity contribution in [3.05, 3.63) is 59.7 Å². The number of hydrogen-bond acceptors (Lipinski definition) is 0. The summed E-state index contributed by atoms with van der Waals surface area (Å²) in [6, 6.07) is 20.2. The first-order chi connectivity index (χ1) is 14.3. The molecule has 0 atom stereocenters. The normalized spacial score (nSPS) is 13.1. The summed E-state index contributed by atoms with van der Waals surface area (Å²) in [4.78, 5) is 0. The van der Waals surface area contributed by atoms with Crippen LogP contribution in [0.15, 0.2) is 36.4 Å². The second-order valence-electron chi connectivity index (χ2n) is 9.06. The molecule has 0 aromatic heterocycles. The van der Waals surface area contributed by atoms with Gasteiger partial charge in [-0.3, -0.25) is 0 Å². The minimum atomic E-state index is 0. The zero-order chi connectivity index (χ0) is 20.4. The van der Waals surface area contributed by atoms with Gasteiger partial charge in [0.05, 0.1) is 0 Å². The fourth-order valence-corrected chi connectivity index (χ4v) is 5.35. The van der Waals surface area contributed by atoms with Gasteiger partial charge in [-0.25, -0.2) is 0 Å². The van der Waals surface area contributed by atoms with Crippen molar-refractivity contribution in [2.45, 2.75) is 109 Å². The molecule has 0 fully saturated rings. The summed E-state index contributed by atoms with van der Waals surface area (Å²) < 4.78 is 0. The third-order valence-electron chi connectivity index (χ3n) is 6.96. The Labute approximate surface area is 216 Å². The van der Waals surface area contributed by atoms with E-state index < -0.39 is 0 Å². The Morgan fingerprint density at radius 3 is 1.39 bits per heavy atom. The molecule has 0 saturated carbocycles. The molecule has 0 N–H and O–H groups in total. The van der Waals surface area contributed by atoms with Crippen molar-refractivity contribution in [1.29, 1.82) is 0 Å². The van der Waals surface area contributed by atoms with Crippen LogP contribution in [0.4, 0.5) is 0 Å². The number of unbranched alkanes of at least 4 members (excludes halogenated alkanes) is 10. The van der Waals surface area contributed by atoms with Gasteiger partial charge in [0.2, 0.25) is 0 Å². The van der Waals surface area contributed by atoms with Gasteiger partial charge in [0.15, 0.2) is 0 Å². The summed E-state index contributed by atoms with van der Waals surface area (Å²) in [5.41, 5.74) is 6.17. The van der Waals surface area contributed by atoms with Crippen LogP contribution in [0.3, 0.4) is 0 Å². The quantitative estimate of drug-likeness (QED) is 0.259. The Hall–Kier alpha value is -0.365. The number of rotatable bonds is 14. The van der Waals surface area contributed by atoms with Crippen LogP contribution in [0, 0.1) is 12.1 Å². The molecule has 2 heteroatoms. The smallest absolute Gasteiger partial charge is 0.184 e. The molecule has 158 valence electrons. The van der Waals surface area contributed by atoms with Crippen molar-refractivity contribution in [3.8, 4) is 11.1 Å². The van der Waals surface area contributed by atoms with E-state index in [-0.39, 0.29) is 43.1 Å². The van der Waals surface area contributed by atoms with Crippen LogP contribution in [-0.4, -0.2) is 0 Å². The van der Waals surface area contributed by atoms with Crippen LogP contribution in [-0.2, 0) is 5.41 Å². The predicted molar refractivity (Wildman–Crippen MR) is 126 cm³/mol. The van der Waals surface area contributed by atoms with Crippen LogP contribution in [0.1, 0.15) is 115 Å². The first-order valence-corrected chi connectivity index (χ1v) is 12.3. The third kappa shape index (κ3) is 7.31. The molecule has 0 bridgehead atoms. The molecule has 31 heavy (non-hydrogen) atoms. The van der Waals surface area contributed by atoms with Gasteiger partial charge in [-0.05, 0) is 0 Å². The van der Waals surface area contributed by atoms with Crippen LogP contribution in [0.25, 0.3) is 11.1 Å². The van der Waals surface area contributed by atoms with E-state index in [4.69, 9.17) is 0 Å². The van der Waals surface area contributed by atoms with E-state index in [1.165, 1.54) is 112 Å². The molecule has 2 aromatic carbocycles. The monoisotopic (exact) mass is 402 g/mol. The maximum atomic E-state index is 3.41. The number of fused-ring (bicyclic) bond motifs is 3. The van der Waals surface area contributed by atoms with Gasteiger partial charge in [0.25, 0.3) is 0 Å². The van der Waals surface area contributed by atoms with Crippen LogP contribution >= 0.6 is 0 Å². The fourth-order valence-electron chi connectivity index (χ4n) is 5.35. The van der Waals surface area contributed by atoms with E-state index in [0.717, 1.165) is 0 Å². The molecule has 0 amide bonds. The zero-order valence-corrected chi connectivity index (χ0v) is 20.9. The summed E-state index contributed by atoms with van der Waals surface area (Å²) in [6.45, 7) is 4.60. The zero-order valence-electron chi connectivity index (χ0n) is 20.9. The maximum Gasteiger partial charge on any atom is 1.00 e.